The number of hydrogen-bond donors (Lipinski definition) is 4. The van der Waals surface area contributed by atoms with Crippen LogP contribution in [-0.2, 0) is 0 Å². The van der Waals surface area contributed by atoms with Crippen molar-refractivity contribution in [2.45, 2.75) is 6.04 Å². The van der Waals surface area contributed by atoms with Gasteiger partial charge < -0.3 is 26.0 Å². The molecule has 1 heterocycles. The van der Waals surface area contributed by atoms with E-state index in [9.17, 15) is 4.79 Å². The van der Waals surface area contributed by atoms with Crippen molar-refractivity contribution >= 4 is 33.0 Å². The topological polar surface area (TPSA) is 105 Å². The van der Waals surface area contributed by atoms with Gasteiger partial charge in [0, 0.05) is 4.70 Å². The number of nitrogens with two attached hydrogens (primary N) is 1. The minimum Gasteiger partial charge on any atom is -0.496 e. The van der Waals surface area contributed by atoms with E-state index >= 15 is 0 Å². The van der Waals surface area contributed by atoms with Gasteiger partial charge in [0.05, 0.1) is 37.4 Å². The highest BCUT2D eigenvalue weighted by Gasteiger charge is 2.20. The number of rotatable bonds is 5. The summed E-state index contributed by atoms with van der Waals surface area (Å²) >= 11 is 1.24. The number of carbonyl (C=O) groups is 1. The van der Waals surface area contributed by atoms with Crippen LogP contribution >= 0.6 is 11.3 Å². The molecule has 0 atom stereocenters. The summed E-state index contributed by atoms with van der Waals surface area (Å²) in [6.07, 6.45) is 0. The molecule has 1 aromatic heterocycles. The number of thiophene rings is 1. The number of hydrogen-bond acceptors (Lipinski definition) is 6. The van der Waals surface area contributed by atoms with Crippen LogP contribution in [0.25, 0.3) is 10.1 Å². The maximum atomic E-state index is 12.1. The van der Waals surface area contributed by atoms with E-state index in [2.05, 4.69) is 5.32 Å². The highest BCUT2D eigenvalue weighted by Crippen LogP contribution is 2.39. The van der Waals surface area contributed by atoms with Gasteiger partial charge in [0.2, 0.25) is 0 Å². The lowest BCUT2D eigenvalue weighted by Gasteiger charge is -2.12. The van der Waals surface area contributed by atoms with Crippen molar-refractivity contribution in [1.29, 1.82) is 0 Å². The van der Waals surface area contributed by atoms with E-state index in [4.69, 9.17) is 20.7 Å². The molecular formula is C13H16N2O4S. The minimum atomic E-state index is -0.700. The van der Waals surface area contributed by atoms with Gasteiger partial charge >= 0.3 is 0 Å². The molecule has 0 radical (unpaired) electrons. The number of anilines is 1. The standard InChI is InChI=1S/C13H16N2O4S/c1-19-8-3-2-4-9-10(8)11(14)12(20-9)13(18)15-7(5-16)6-17/h2-4,7,16-17H,5-6,14H2,1H3,(H,15,18). The van der Waals surface area contributed by atoms with Crippen LogP contribution in [0.5, 0.6) is 5.75 Å². The fraction of sp³-hybridized carbons (Fsp3) is 0.308. The number of aliphatic hydroxyl groups excluding tert-OH is 2. The van der Waals surface area contributed by atoms with E-state index in [0.717, 1.165) is 4.70 Å². The zero-order valence-corrected chi connectivity index (χ0v) is 11.7. The number of amides is 1. The van der Waals surface area contributed by atoms with E-state index in [-0.39, 0.29) is 13.2 Å². The highest BCUT2D eigenvalue weighted by atomic mass is 32.1. The van der Waals surface area contributed by atoms with Gasteiger partial charge in [-0.1, -0.05) is 6.07 Å². The average Bonchev–Trinajstić information content (AvgIpc) is 2.82. The van der Waals surface area contributed by atoms with Crippen LogP contribution in [0.3, 0.4) is 0 Å². The summed E-state index contributed by atoms with van der Waals surface area (Å²) in [5.41, 5.74) is 6.36. The Balaban J connectivity index is 2.40. The van der Waals surface area contributed by atoms with Gasteiger partial charge in [0.15, 0.2) is 0 Å². The van der Waals surface area contributed by atoms with Gasteiger partial charge in [0.1, 0.15) is 10.6 Å². The predicted molar refractivity (Wildman–Crippen MR) is 78.2 cm³/mol. The minimum absolute atomic E-state index is 0.337. The van der Waals surface area contributed by atoms with Crippen LogP contribution in [0, 0.1) is 0 Å². The first-order chi connectivity index (χ1) is 9.62. The molecule has 0 saturated carbocycles. The molecule has 0 unspecified atom stereocenters. The molecule has 0 aliphatic rings. The Morgan fingerprint density at radius 2 is 2.15 bits per heavy atom. The van der Waals surface area contributed by atoms with Crippen LogP contribution in [0.2, 0.25) is 0 Å². The lowest BCUT2D eigenvalue weighted by atomic mass is 10.2. The monoisotopic (exact) mass is 296 g/mol. The first-order valence-corrected chi connectivity index (χ1v) is 6.81. The summed E-state index contributed by atoms with van der Waals surface area (Å²) in [5, 5.41) is 21.2. The molecule has 0 fully saturated rings. The van der Waals surface area contributed by atoms with Crippen molar-refractivity contribution in [2.24, 2.45) is 0 Å². The van der Waals surface area contributed by atoms with Gasteiger partial charge in [-0.15, -0.1) is 11.3 Å². The second kappa shape index (κ2) is 6.08. The second-order valence-electron chi connectivity index (χ2n) is 4.21. The van der Waals surface area contributed by atoms with Crippen LogP contribution in [0.1, 0.15) is 9.67 Å². The molecule has 0 bridgehead atoms. The van der Waals surface area contributed by atoms with E-state index in [1.54, 1.807) is 13.2 Å². The summed E-state index contributed by atoms with van der Waals surface area (Å²) in [6.45, 7) is -0.674. The molecule has 0 aliphatic heterocycles. The molecule has 1 amide bonds. The van der Waals surface area contributed by atoms with E-state index in [0.29, 0.717) is 21.7 Å². The first kappa shape index (κ1) is 14.6. The smallest absolute Gasteiger partial charge is 0.263 e. The average molecular weight is 296 g/mol. The molecule has 108 valence electrons. The Bertz CT molecular complexity index is 622. The van der Waals surface area contributed by atoms with Gasteiger partial charge in [-0.3, -0.25) is 4.79 Å². The Labute approximate surface area is 119 Å². The van der Waals surface area contributed by atoms with Crippen molar-refractivity contribution in [3.05, 3.63) is 23.1 Å². The number of aliphatic hydroxyl groups is 2. The van der Waals surface area contributed by atoms with Crippen molar-refractivity contribution in [3.8, 4) is 5.75 Å². The quantitative estimate of drug-likeness (QED) is 0.646. The molecule has 0 spiro atoms. The third kappa shape index (κ3) is 2.55. The summed E-state index contributed by atoms with van der Waals surface area (Å²) in [4.78, 5) is 12.5. The predicted octanol–water partition coefficient (Wildman–Crippen LogP) is 0.575. The van der Waals surface area contributed by atoms with Gasteiger partial charge in [-0.05, 0) is 12.1 Å². The number of nitrogen functional groups attached to an aromatic ring is 1. The lowest BCUT2D eigenvalue weighted by Crippen LogP contribution is -2.39. The number of nitrogens with one attached hydrogen (secondary N) is 1. The zero-order valence-electron chi connectivity index (χ0n) is 10.9. The lowest BCUT2D eigenvalue weighted by molar-refractivity contribution is 0.0884. The van der Waals surface area contributed by atoms with Crippen molar-refractivity contribution < 1.29 is 19.7 Å². The molecule has 2 aromatic rings. The number of fused-ring (bicyclic) bond motifs is 1. The van der Waals surface area contributed by atoms with E-state index in [1.165, 1.54) is 11.3 Å². The second-order valence-corrected chi connectivity index (χ2v) is 5.27. The molecule has 7 heteroatoms. The Kier molecular flexibility index (Phi) is 4.43. The van der Waals surface area contributed by atoms with Crippen LogP contribution in [0.4, 0.5) is 5.69 Å². The number of benzene rings is 1. The highest BCUT2D eigenvalue weighted by molar-refractivity contribution is 7.21. The normalized spacial score (nSPS) is 11.0. The van der Waals surface area contributed by atoms with E-state index in [1.807, 2.05) is 12.1 Å². The van der Waals surface area contributed by atoms with Gasteiger partial charge in [-0.2, -0.15) is 0 Å². The molecule has 1 aromatic carbocycles. The van der Waals surface area contributed by atoms with Crippen molar-refractivity contribution in [3.63, 3.8) is 0 Å². The maximum absolute atomic E-state index is 12.1. The van der Waals surface area contributed by atoms with Crippen molar-refractivity contribution in [2.75, 3.05) is 26.1 Å². The van der Waals surface area contributed by atoms with Gasteiger partial charge in [-0.25, -0.2) is 0 Å². The molecular weight excluding hydrogens is 280 g/mol. The molecule has 2 rings (SSSR count). The van der Waals surface area contributed by atoms with E-state index < -0.39 is 11.9 Å². The van der Waals surface area contributed by atoms with Crippen molar-refractivity contribution in [1.82, 2.24) is 5.32 Å². The third-order valence-corrected chi connectivity index (χ3v) is 4.09. The fourth-order valence-corrected chi connectivity index (χ4v) is 2.92. The molecule has 0 saturated heterocycles. The number of methoxy groups -OCH3 is 1. The Morgan fingerprint density at radius 1 is 1.45 bits per heavy atom. The molecule has 0 aliphatic carbocycles. The van der Waals surface area contributed by atoms with Crippen LogP contribution < -0.4 is 15.8 Å². The summed E-state index contributed by atoms with van der Waals surface area (Å²) in [7, 11) is 1.54. The third-order valence-electron chi connectivity index (χ3n) is 2.92. The number of ether oxygens (including phenoxy) is 1. The maximum Gasteiger partial charge on any atom is 0.263 e. The molecule has 6 nitrogen and oxygen atoms in total. The fourth-order valence-electron chi connectivity index (χ4n) is 1.88. The summed E-state index contributed by atoms with van der Waals surface area (Å²) in [5.74, 6) is 0.190. The SMILES string of the molecule is COc1cccc2sc(C(=O)NC(CO)CO)c(N)c12. The summed E-state index contributed by atoms with van der Waals surface area (Å²) in [6, 6.07) is 4.75. The first-order valence-electron chi connectivity index (χ1n) is 6.00. The zero-order chi connectivity index (χ0) is 14.7. The largest absolute Gasteiger partial charge is 0.496 e. The van der Waals surface area contributed by atoms with Crippen LogP contribution in [0.15, 0.2) is 18.2 Å². The Morgan fingerprint density at radius 3 is 2.75 bits per heavy atom. The molecule has 5 N–H and O–H groups in total. The summed E-state index contributed by atoms with van der Waals surface area (Å²) < 4.78 is 6.08. The molecule has 20 heavy (non-hydrogen) atoms. The Hall–Kier alpha value is -1.83. The van der Waals surface area contributed by atoms with Gasteiger partial charge in [0.25, 0.3) is 5.91 Å². The van der Waals surface area contributed by atoms with Crippen LogP contribution in [-0.4, -0.2) is 42.5 Å². The number of carbonyl (C=O) groups excluding carboxylic acids is 1.